The number of nitrogens with zero attached hydrogens (tertiary/aromatic N) is 2. The van der Waals surface area contributed by atoms with E-state index in [0.29, 0.717) is 31.2 Å². The van der Waals surface area contributed by atoms with Gasteiger partial charge in [-0.3, -0.25) is 4.79 Å². The molecule has 1 heterocycles. The molecule has 7 nitrogen and oxygen atoms in total. The van der Waals surface area contributed by atoms with Crippen LogP contribution in [0.4, 0.5) is 5.69 Å². The topological polar surface area (TPSA) is 90.3 Å². The quantitative estimate of drug-likeness (QED) is 0.778. The molecule has 0 radical (unpaired) electrons. The summed E-state index contributed by atoms with van der Waals surface area (Å²) in [6.07, 6.45) is 0. The van der Waals surface area contributed by atoms with Gasteiger partial charge in [0.05, 0.1) is 0 Å². The smallest absolute Gasteiger partial charge is 0.342 e. The van der Waals surface area contributed by atoms with Crippen molar-refractivity contribution in [3.63, 3.8) is 0 Å². The highest BCUT2D eigenvalue weighted by atomic mass is 35.5. The number of rotatable bonds is 4. The number of aromatic hydroxyl groups is 2. The van der Waals surface area contributed by atoms with Crippen molar-refractivity contribution in [3.8, 4) is 11.5 Å². The highest BCUT2D eigenvalue weighted by Crippen LogP contribution is 2.23. The van der Waals surface area contributed by atoms with E-state index in [4.69, 9.17) is 16.3 Å². The number of hydrogen-bond donors (Lipinski definition) is 2. The molecular weight excluding hydrogens is 372 g/mol. The lowest BCUT2D eigenvalue weighted by Crippen LogP contribution is -2.49. The van der Waals surface area contributed by atoms with E-state index in [2.05, 4.69) is 4.90 Å². The van der Waals surface area contributed by atoms with E-state index in [-0.39, 0.29) is 17.2 Å². The summed E-state index contributed by atoms with van der Waals surface area (Å²) in [5, 5.41) is 19.6. The van der Waals surface area contributed by atoms with Crippen molar-refractivity contribution < 1.29 is 24.5 Å². The van der Waals surface area contributed by atoms with Gasteiger partial charge in [0.15, 0.2) is 6.61 Å². The van der Waals surface area contributed by atoms with Crippen LogP contribution in [0.25, 0.3) is 0 Å². The molecule has 2 N–H and O–H groups in total. The van der Waals surface area contributed by atoms with Crippen LogP contribution in [-0.2, 0) is 9.53 Å². The van der Waals surface area contributed by atoms with Gasteiger partial charge in [-0.2, -0.15) is 0 Å². The fourth-order valence-electron chi connectivity index (χ4n) is 2.88. The Morgan fingerprint density at radius 1 is 1.04 bits per heavy atom. The Labute approximate surface area is 161 Å². The minimum absolute atomic E-state index is 0.105. The van der Waals surface area contributed by atoms with Gasteiger partial charge in [-0.1, -0.05) is 17.7 Å². The number of hydrogen-bond acceptors (Lipinski definition) is 6. The van der Waals surface area contributed by atoms with E-state index in [0.717, 1.165) is 11.8 Å². The van der Waals surface area contributed by atoms with E-state index in [1.807, 2.05) is 24.3 Å². The third-order valence-electron chi connectivity index (χ3n) is 4.33. The van der Waals surface area contributed by atoms with Crippen LogP contribution < -0.4 is 4.90 Å². The molecule has 0 bridgehead atoms. The van der Waals surface area contributed by atoms with E-state index in [1.54, 1.807) is 4.90 Å². The number of ether oxygens (including phenoxy) is 1. The van der Waals surface area contributed by atoms with Gasteiger partial charge in [-0.15, -0.1) is 0 Å². The van der Waals surface area contributed by atoms with E-state index >= 15 is 0 Å². The Bertz CT molecular complexity index is 850. The zero-order chi connectivity index (χ0) is 19.4. The number of anilines is 1. The molecule has 1 fully saturated rings. The first-order valence-corrected chi connectivity index (χ1v) is 8.79. The SMILES string of the molecule is O=C(OCC(=O)N1CCN(c2cccc(Cl)c2)CC1)c1ccc(O)cc1O. The van der Waals surface area contributed by atoms with Gasteiger partial charge in [0.1, 0.15) is 17.1 Å². The minimum atomic E-state index is -0.821. The lowest BCUT2D eigenvalue weighted by molar-refractivity contribution is -0.134. The maximum Gasteiger partial charge on any atom is 0.342 e. The molecular formula is C19H19ClN2O5. The monoisotopic (exact) mass is 390 g/mol. The molecule has 8 heteroatoms. The number of piperazine rings is 1. The summed E-state index contributed by atoms with van der Waals surface area (Å²) in [7, 11) is 0. The molecule has 142 valence electrons. The molecule has 1 saturated heterocycles. The summed E-state index contributed by atoms with van der Waals surface area (Å²) in [5.41, 5.74) is 0.898. The molecule has 0 unspecified atom stereocenters. The summed E-state index contributed by atoms with van der Waals surface area (Å²) in [4.78, 5) is 28.0. The summed E-state index contributed by atoms with van der Waals surface area (Å²) in [6, 6.07) is 11.1. The van der Waals surface area contributed by atoms with Crippen LogP contribution in [0.15, 0.2) is 42.5 Å². The second-order valence-electron chi connectivity index (χ2n) is 6.13. The molecule has 1 amide bonds. The van der Waals surface area contributed by atoms with Crippen molar-refractivity contribution in [1.82, 2.24) is 4.90 Å². The average Bonchev–Trinajstić information content (AvgIpc) is 2.66. The largest absolute Gasteiger partial charge is 0.508 e. The summed E-state index contributed by atoms with van der Waals surface area (Å²) in [5.74, 6) is -1.69. The molecule has 2 aromatic rings. The van der Waals surface area contributed by atoms with Crippen LogP contribution in [-0.4, -0.2) is 59.8 Å². The molecule has 0 atom stereocenters. The van der Waals surface area contributed by atoms with Crippen molar-refractivity contribution in [2.24, 2.45) is 0 Å². The summed E-state index contributed by atoms with van der Waals surface area (Å²) >= 11 is 6.01. The van der Waals surface area contributed by atoms with Crippen molar-refractivity contribution >= 4 is 29.2 Å². The fourth-order valence-corrected chi connectivity index (χ4v) is 3.06. The number of carbonyl (C=O) groups is 2. The third-order valence-corrected chi connectivity index (χ3v) is 4.57. The first kappa shape index (κ1) is 18.8. The molecule has 27 heavy (non-hydrogen) atoms. The van der Waals surface area contributed by atoms with Crippen LogP contribution in [0.3, 0.4) is 0 Å². The van der Waals surface area contributed by atoms with Gasteiger partial charge in [0.25, 0.3) is 5.91 Å². The zero-order valence-electron chi connectivity index (χ0n) is 14.5. The number of benzene rings is 2. The normalized spacial score (nSPS) is 14.1. The fraction of sp³-hybridized carbons (Fsp3) is 0.263. The van der Waals surface area contributed by atoms with Crippen molar-refractivity contribution in [3.05, 3.63) is 53.1 Å². The molecule has 1 aliphatic rings. The van der Waals surface area contributed by atoms with E-state index in [1.165, 1.54) is 12.1 Å². The van der Waals surface area contributed by atoms with Crippen molar-refractivity contribution in [2.45, 2.75) is 0 Å². The molecule has 1 aliphatic heterocycles. The Kier molecular flexibility index (Phi) is 5.71. The predicted molar refractivity (Wildman–Crippen MR) is 100 cm³/mol. The van der Waals surface area contributed by atoms with Crippen molar-refractivity contribution in [1.29, 1.82) is 0 Å². The van der Waals surface area contributed by atoms with Crippen LogP contribution >= 0.6 is 11.6 Å². The number of carbonyl (C=O) groups excluding carboxylic acids is 2. The lowest BCUT2D eigenvalue weighted by atomic mass is 10.2. The van der Waals surface area contributed by atoms with Gasteiger partial charge in [-0.05, 0) is 30.3 Å². The van der Waals surface area contributed by atoms with Crippen LogP contribution in [0.2, 0.25) is 5.02 Å². The maximum absolute atomic E-state index is 12.3. The maximum atomic E-state index is 12.3. The van der Waals surface area contributed by atoms with E-state index in [9.17, 15) is 19.8 Å². The van der Waals surface area contributed by atoms with E-state index < -0.39 is 18.3 Å². The summed E-state index contributed by atoms with van der Waals surface area (Å²) < 4.78 is 4.99. The Balaban J connectivity index is 1.50. The van der Waals surface area contributed by atoms with Gasteiger partial charge in [0.2, 0.25) is 0 Å². The standard InChI is InChI=1S/C19H19ClN2O5/c20-13-2-1-3-14(10-13)21-6-8-22(9-7-21)18(25)12-27-19(26)16-5-4-15(23)11-17(16)24/h1-5,10-11,23-24H,6-9,12H2. The van der Waals surface area contributed by atoms with Gasteiger partial charge >= 0.3 is 5.97 Å². The molecule has 2 aromatic carbocycles. The Morgan fingerprint density at radius 3 is 2.44 bits per heavy atom. The van der Waals surface area contributed by atoms with Crippen LogP contribution in [0, 0.1) is 0 Å². The third kappa shape index (κ3) is 4.62. The molecule has 3 rings (SSSR count). The molecule has 0 spiro atoms. The first-order valence-electron chi connectivity index (χ1n) is 8.41. The molecule has 0 aliphatic carbocycles. The second kappa shape index (κ2) is 8.18. The molecule has 0 saturated carbocycles. The van der Waals surface area contributed by atoms with Gasteiger partial charge in [0, 0.05) is 43.0 Å². The van der Waals surface area contributed by atoms with Gasteiger partial charge < -0.3 is 24.7 Å². The highest BCUT2D eigenvalue weighted by Gasteiger charge is 2.23. The Hall–Kier alpha value is -2.93. The lowest BCUT2D eigenvalue weighted by Gasteiger charge is -2.36. The summed E-state index contributed by atoms with van der Waals surface area (Å²) in [6.45, 7) is 1.91. The zero-order valence-corrected chi connectivity index (χ0v) is 15.2. The number of phenolic OH excluding ortho intramolecular Hbond substituents is 2. The average molecular weight is 391 g/mol. The number of halogens is 1. The Morgan fingerprint density at radius 2 is 1.78 bits per heavy atom. The highest BCUT2D eigenvalue weighted by molar-refractivity contribution is 6.30. The number of esters is 1. The molecule has 0 aromatic heterocycles. The van der Waals surface area contributed by atoms with Crippen LogP contribution in [0.1, 0.15) is 10.4 Å². The number of phenols is 2. The first-order chi connectivity index (χ1) is 12.9. The minimum Gasteiger partial charge on any atom is -0.508 e. The van der Waals surface area contributed by atoms with Gasteiger partial charge in [-0.25, -0.2) is 4.79 Å². The second-order valence-corrected chi connectivity index (χ2v) is 6.56. The number of amides is 1. The van der Waals surface area contributed by atoms with Crippen LogP contribution in [0.5, 0.6) is 11.5 Å². The predicted octanol–water partition coefficient (Wildman–Crippen LogP) is 2.26. The van der Waals surface area contributed by atoms with Crippen molar-refractivity contribution in [2.75, 3.05) is 37.7 Å².